The van der Waals surface area contributed by atoms with Crippen LogP contribution in [0.3, 0.4) is 0 Å². The van der Waals surface area contributed by atoms with Gasteiger partial charge in [-0.1, -0.05) is 39.7 Å². The molecule has 0 fully saturated rings. The van der Waals surface area contributed by atoms with Crippen molar-refractivity contribution in [2.24, 2.45) is 0 Å². The SMILES string of the molecule is Cc1cc(Br)ccc1OCC(=O)NNC(=O)CCC(=O)Nc1ccccc1Cl. The summed E-state index contributed by atoms with van der Waals surface area (Å²) in [6.07, 6.45) is -0.148. The fourth-order valence-corrected chi connectivity index (χ4v) is 2.82. The predicted molar refractivity (Wildman–Crippen MR) is 110 cm³/mol. The fraction of sp³-hybridized carbons (Fsp3) is 0.211. The predicted octanol–water partition coefficient (Wildman–Crippen LogP) is 3.36. The number of amides is 3. The van der Waals surface area contributed by atoms with E-state index in [9.17, 15) is 14.4 Å². The van der Waals surface area contributed by atoms with Crippen LogP contribution in [-0.2, 0) is 14.4 Å². The molecule has 0 aromatic heterocycles. The highest BCUT2D eigenvalue weighted by molar-refractivity contribution is 9.10. The third kappa shape index (κ3) is 7.21. The maximum Gasteiger partial charge on any atom is 0.276 e. The van der Waals surface area contributed by atoms with E-state index in [0.29, 0.717) is 16.5 Å². The Balaban J connectivity index is 1.66. The number of anilines is 1. The van der Waals surface area contributed by atoms with E-state index in [4.69, 9.17) is 16.3 Å². The standard InChI is InChI=1S/C19H19BrClN3O4/c1-12-10-13(20)6-7-16(12)28-11-19(27)24-23-18(26)9-8-17(25)22-15-5-3-2-4-14(15)21/h2-7,10H,8-9,11H2,1H3,(H,22,25)(H,23,26)(H,24,27). The van der Waals surface area contributed by atoms with E-state index in [0.717, 1.165) is 10.0 Å². The van der Waals surface area contributed by atoms with Gasteiger partial charge in [-0.3, -0.25) is 25.2 Å². The summed E-state index contributed by atoms with van der Waals surface area (Å²) < 4.78 is 6.31. The van der Waals surface area contributed by atoms with Gasteiger partial charge >= 0.3 is 0 Å². The maximum absolute atomic E-state index is 11.9. The summed E-state index contributed by atoms with van der Waals surface area (Å²) in [4.78, 5) is 35.4. The van der Waals surface area contributed by atoms with Crippen LogP contribution in [0.15, 0.2) is 46.9 Å². The van der Waals surface area contributed by atoms with Crippen molar-refractivity contribution in [3.8, 4) is 5.75 Å². The number of benzene rings is 2. The molecule has 0 aliphatic carbocycles. The minimum atomic E-state index is -0.517. The summed E-state index contributed by atoms with van der Waals surface area (Å²) in [6, 6.07) is 12.2. The molecule has 9 heteroatoms. The van der Waals surface area contributed by atoms with Crippen molar-refractivity contribution in [3.63, 3.8) is 0 Å². The number of hydrogen-bond donors (Lipinski definition) is 3. The van der Waals surface area contributed by atoms with Gasteiger partial charge in [0.05, 0.1) is 10.7 Å². The Morgan fingerprint density at radius 3 is 2.39 bits per heavy atom. The van der Waals surface area contributed by atoms with Gasteiger partial charge in [0.25, 0.3) is 5.91 Å². The number of halogens is 2. The number of carbonyl (C=O) groups excluding carboxylic acids is 3. The number of ether oxygens (including phenoxy) is 1. The number of aryl methyl sites for hydroxylation is 1. The molecule has 2 rings (SSSR count). The number of rotatable bonds is 7. The molecule has 2 aromatic carbocycles. The number of carbonyl (C=O) groups is 3. The van der Waals surface area contributed by atoms with Gasteiger partial charge in [0.2, 0.25) is 11.8 Å². The second-order valence-electron chi connectivity index (χ2n) is 5.82. The van der Waals surface area contributed by atoms with Gasteiger partial charge < -0.3 is 10.1 Å². The van der Waals surface area contributed by atoms with Crippen LogP contribution in [-0.4, -0.2) is 24.3 Å². The summed E-state index contributed by atoms with van der Waals surface area (Å²) in [7, 11) is 0. The molecule has 2 aromatic rings. The Bertz CT molecular complexity index is 876. The molecule has 0 aliphatic heterocycles. The second kappa shape index (κ2) is 10.7. The molecule has 7 nitrogen and oxygen atoms in total. The van der Waals surface area contributed by atoms with Crippen molar-refractivity contribution in [3.05, 3.63) is 57.5 Å². The summed E-state index contributed by atoms with van der Waals surface area (Å²) in [5.74, 6) is -0.803. The van der Waals surface area contributed by atoms with Crippen molar-refractivity contribution in [1.29, 1.82) is 0 Å². The monoisotopic (exact) mass is 467 g/mol. The highest BCUT2D eigenvalue weighted by Crippen LogP contribution is 2.22. The molecular weight excluding hydrogens is 450 g/mol. The van der Waals surface area contributed by atoms with Crippen LogP contribution in [0.25, 0.3) is 0 Å². The average molecular weight is 469 g/mol. The Labute approximate surface area is 175 Å². The molecule has 0 spiro atoms. The number of nitrogens with one attached hydrogen (secondary N) is 3. The highest BCUT2D eigenvalue weighted by atomic mass is 79.9. The van der Waals surface area contributed by atoms with Crippen LogP contribution in [0, 0.1) is 6.92 Å². The Kier molecular flexibility index (Phi) is 8.28. The van der Waals surface area contributed by atoms with Gasteiger partial charge in [-0.05, 0) is 42.8 Å². The van der Waals surface area contributed by atoms with Crippen LogP contribution in [0.4, 0.5) is 5.69 Å². The average Bonchev–Trinajstić information content (AvgIpc) is 2.66. The minimum Gasteiger partial charge on any atom is -0.483 e. The van der Waals surface area contributed by atoms with E-state index in [-0.39, 0.29) is 25.4 Å². The van der Waals surface area contributed by atoms with Crippen LogP contribution in [0.1, 0.15) is 18.4 Å². The summed E-state index contributed by atoms with van der Waals surface area (Å²) >= 11 is 9.30. The lowest BCUT2D eigenvalue weighted by Gasteiger charge is -2.11. The quantitative estimate of drug-likeness (QED) is 0.543. The molecule has 3 amide bonds. The largest absolute Gasteiger partial charge is 0.483 e. The molecule has 0 bridgehead atoms. The van der Waals surface area contributed by atoms with Crippen LogP contribution >= 0.6 is 27.5 Å². The number of para-hydroxylation sites is 1. The first-order valence-corrected chi connectivity index (χ1v) is 9.53. The molecule has 3 N–H and O–H groups in total. The smallest absolute Gasteiger partial charge is 0.276 e. The van der Waals surface area contributed by atoms with E-state index in [2.05, 4.69) is 32.1 Å². The third-order valence-electron chi connectivity index (χ3n) is 3.56. The van der Waals surface area contributed by atoms with Gasteiger partial charge in [0, 0.05) is 17.3 Å². The zero-order valence-corrected chi connectivity index (χ0v) is 17.4. The van der Waals surface area contributed by atoms with E-state index >= 15 is 0 Å². The summed E-state index contributed by atoms with van der Waals surface area (Å²) in [6.45, 7) is 1.60. The van der Waals surface area contributed by atoms with Crippen LogP contribution in [0.5, 0.6) is 5.75 Å². The molecular formula is C19H19BrClN3O4. The molecule has 0 radical (unpaired) electrons. The van der Waals surface area contributed by atoms with Crippen molar-refractivity contribution >= 4 is 50.9 Å². The zero-order valence-electron chi connectivity index (χ0n) is 15.1. The second-order valence-corrected chi connectivity index (χ2v) is 7.15. The fourth-order valence-electron chi connectivity index (χ4n) is 2.16. The van der Waals surface area contributed by atoms with Gasteiger partial charge in [-0.2, -0.15) is 0 Å². The first-order valence-electron chi connectivity index (χ1n) is 8.36. The number of hydrazine groups is 1. The molecule has 0 saturated heterocycles. The Morgan fingerprint density at radius 2 is 1.68 bits per heavy atom. The van der Waals surface area contributed by atoms with E-state index in [1.165, 1.54) is 0 Å². The zero-order chi connectivity index (χ0) is 20.5. The van der Waals surface area contributed by atoms with Crippen molar-refractivity contribution in [2.45, 2.75) is 19.8 Å². The van der Waals surface area contributed by atoms with Gasteiger partial charge in [0.1, 0.15) is 5.75 Å². The number of hydrogen-bond acceptors (Lipinski definition) is 4. The van der Waals surface area contributed by atoms with E-state index in [1.54, 1.807) is 36.4 Å². The molecule has 0 heterocycles. The van der Waals surface area contributed by atoms with Crippen molar-refractivity contribution in [1.82, 2.24) is 10.9 Å². The molecule has 148 valence electrons. The van der Waals surface area contributed by atoms with Crippen LogP contribution < -0.4 is 20.9 Å². The van der Waals surface area contributed by atoms with Crippen molar-refractivity contribution in [2.75, 3.05) is 11.9 Å². The van der Waals surface area contributed by atoms with Gasteiger partial charge in [0.15, 0.2) is 6.61 Å². The lowest BCUT2D eigenvalue weighted by molar-refractivity contribution is -0.130. The first-order chi connectivity index (χ1) is 13.3. The van der Waals surface area contributed by atoms with Crippen LogP contribution in [0.2, 0.25) is 5.02 Å². The van der Waals surface area contributed by atoms with Gasteiger partial charge in [-0.15, -0.1) is 0 Å². The van der Waals surface area contributed by atoms with E-state index < -0.39 is 11.8 Å². The molecule has 0 saturated carbocycles. The molecule has 0 atom stereocenters. The highest BCUT2D eigenvalue weighted by Gasteiger charge is 2.10. The van der Waals surface area contributed by atoms with Gasteiger partial charge in [-0.25, -0.2) is 0 Å². The lowest BCUT2D eigenvalue weighted by Crippen LogP contribution is -2.44. The van der Waals surface area contributed by atoms with Crippen molar-refractivity contribution < 1.29 is 19.1 Å². The normalized spacial score (nSPS) is 10.1. The Morgan fingerprint density at radius 1 is 1.00 bits per heavy atom. The Hall–Kier alpha value is -2.58. The minimum absolute atomic E-state index is 0.0541. The van der Waals surface area contributed by atoms with E-state index in [1.807, 2.05) is 13.0 Å². The molecule has 0 unspecified atom stereocenters. The topological polar surface area (TPSA) is 96.5 Å². The third-order valence-corrected chi connectivity index (χ3v) is 4.39. The lowest BCUT2D eigenvalue weighted by atomic mass is 10.2. The summed E-state index contributed by atoms with van der Waals surface area (Å²) in [5.41, 5.74) is 5.83. The summed E-state index contributed by atoms with van der Waals surface area (Å²) in [5, 5.41) is 3.03. The molecule has 28 heavy (non-hydrogen) atoms. The maximum atomic E-state index is 11.9. The first kappa shape index (κ1) is 21.7. The molecule has 0 aliphatic rings.